The summed E-state index contributed by atoms with van der Waals surface area (Å²) < 4.78 is 0. The molecule has 0 bridgehead atoms. The van der Waals surface area contributed by atoms with E-state index in [-0.39, 0.29) is 11.8 Å². The Morgan fingerprint density at radius 1 is 1.18 bits per heavy atom. The van der Waals surface area contributed by atoms with E-state index in [1.807, 2.05) is 45.0 Å². The predicted molar refractivity (Wildman–Crippen MR) is 64.0 cm³/mol. The highest BCUT2D eigenvalue weighted by Crippen LogP contribution is 2.22. The van der Waals surface area contributed by atoms with Gasteiger partial charge in [0.15, 0.2) is 0 Å². The molecule has 1 heterocycles. The van der Waals surface area contributed by atoms with Crippen LogP contribution in [-0.4, -0.2) is 22.7 Å². The van der Waals surface area contributed by atoms with Crippen LogP contribution in [0.15, 0.2) is 24.3 Å². The second-order valence-corrected chi connectivity index (χ2v) is 4.61. The minimum absolute atomic E-state index is 0.0260. The van der Waals surface area contributed by atoms with Crippen molar-refractivity contribution in [3.8, 4) is 0 Å². The molecule has 1 fully saturated rings. The zero-order valence-electron chi connectivity index (χ0n) is 10.2. The molecular weight excluding hydrogens is 216 g/mol. The maximum atomic E-state index is 11.9. The summed E-state index contributed by atoms with van der Waals surface area (Å²) in [6.45, 7) is 5.73. The number of nitrogens with one attached hydrogen (secondary N) is 1. The number of Topliss-reactive ketones (excluding diaryl/α,β-unsaturated/α-hetero) is 1. The van der Waals surface area contributed by atoms with Crippen molar-refractivity contribution in [1.29, 1.82) is 0 Å². The van der Waals surface area contributed by atoms with E-state index >= 15 is 0 Å². The zero-order chi connectivity index (χ0) is 12.6. The summed E-state index contributed by atoms with van der Waals surface area (Å²) in [7, 11) is 0. The van der Waals surface area contributed by atoms with Gasteiger partial charge in [0.2, 0.25) is 5.78 Å². The summed E-state index contributed by atoms with van der Waals surface area (Å²) in [5.74, 6) is -0.840. The Morgan fingerprint density at radius 2 is 1.76 bits per heavy atom. The van der Waals surface area contributed by atoms with Gasteiger partial charge in [-0.3, -0.25) is 14.6 Å². The summed E-state index contributed by atoms with van der Waals surface area (Å²) in [6, 6.07) is 7.07. The van der Waals surface area contributed by atoms with Gasteiger partial charge in [-0.15, -0.1) is 0 Å². The van der Waals surface area contributed by atoms with E-state index < -0.39 is 11.9 Å². The molecule has 1 aliphatic rings. The van der Waals surface area contributed by atoms with Crippen LogP contribution in [0.4, 0.5) is 0 Å². The molecule has 0 saturated carbocycles. The molecule has 1 saturated heterocycles. The van der Waals surface area contributed by atoms with Crippen molar-refractivity contribution < 1.29 is 9.59 Å². The summed E-state index contributed by atoms with van der Waals surface area (Å²) in [6.07, 6.45) is 0. The Balaban J connectivity index is 2.26. The molecule has 1 N–H and O–H groups in total. The van der Waals surface area contributed by atoms with Crippen molar-refractivity contribution >= 4 is 11.7 Å². The number of ketones is 1. The Kier molecular flexibility index (Phi) is 2.98. The number of aryl methyl sites for hydroxylation is 1. The lowest BCUT2D eigenvalue weighted by Gasteiger charge is -2.20. The van der Waals surface area contributed by atoms with Gasteiger partial charge in [-0.1, -0.05) is 29.8 Å². The quantitative estimate of drug-likeness (QED) is 0.783. The summed E-state index contributed by atoms with van der Waals surface area (Å²) >= 11 is 0. The van der Waals surface area contributed by atoms with E-state index in [4.69, 9.17) is 0 Å². The van der Waals surface area contributed by atoms with Crippen molar-refractivity contribution in [2.24, 2.45) is 0 Å². The van der Waals surface area contributed by atoms with Crippen LogP contribution in [0.5, 0.6) is 0 Å². The highest BCUT2D eigenvalue weighted by molar-refractivity contribution is 6.39. The van der Waals surface area contributed by atoms with E-state index in [0.29, 0.717) is 0 Å². The lowest BCUT2D eigenvalue weighted by molar-refractivity contribution is -0.141. The third-order valence-corrected chi connectivity index (χ3v) is 2.89. The molecule has 1 unspecified atom stereocenters. The molecule has 1 aliphatic heterocycles. The maximum Gasteiger partial charge on any atom is 0.306 e. The van der Waals surface area contributed by atoms with Crippen molar-refractivity contribution in [2.75, 3.05) is 0 Å². The van der Waals surface area contributed by atoms with Crippen LogP contribution < -0.4 is 5.43 Å². The van der Waals surface area contributed by atoms with Gasteiger partial charge >= 0.3 is 5.91 Å². The average Bonchev–Trinajstić information content (AvgIpc) is 2.58. The Bertz CT molecular complexity index is 451. The van der Waals surface area contributed by atoms with Gasteiger partial charge in [0, 0.05) is 6.04 Å². The number of carbonyl (C=O) groups excluding carboxylic acids is 2. The number of hydrazine groups is 1. The first-order valence-electron chi connectivity index (χ1n) is 5.71. The minimum Gasteiger partial charge on any atom is -0.286 e. The molecule has 1 aromatic carbocycles. The van der Waals surface area contributed by atoms with Crippen LogP contribution in [0.1, 0.15) is 31.0 Å². The van der Waals surface area contributed by atoms with Crippen molar-refractivity contribution in [3.05, 3.63) is 35.4 Å². The number of nitrogens with zero attached hydrogens (tertiary/aromatic N) is 1. The third-order valence-electron chi connectivity index (χ3n) is 2.89. The van der Waals surface area contributed by atoms with Crippen LogP contribution in [-0.2, 0) is 9.59 Å². The highest BCUT2D eigenvalue weighted by Gasteiger charge is 2.40. The van der Waals surface area contributed by atoms with Gasteiger partial charge in [0.05, 0.1) is 0 Å². The summed E-state index contributed by atoms with van der Waals surface area (Å²) in [5.41, 5.74) is 4.92. The standard InChI is InChI=1S/C13H16N2O2/c1-8(2)15-13(17)12(16)11(14-15)10-6-4-9(3)5-7-10/h4-8,11,14H,1-3H3. The van der Waals surface area contributed by atoms with E-state index in [2.05, 4.69) is 5.43 Å². The molecule has 1 aromatic rings. The van der Waals surface area contributed by atoms with Gasteiger partial charge in [-0.05, 0) is 26.3 Å². The van der Waals surface area contributed by atoms with Crippen LogP contribution in [0, 0.1) is 6.92 Å². The average molecular weight is 232 g/mol. The first-order chi connectivity index (χ1) is 8.00. The van der Waals surface area contributed by atoms with Gasteiger partial charge in [0.25, 0.3) is 0 Å². The van der Waals surface area contributed by atoms with Gasteiger partial charge < -0.3 is 0 Å². The Morgan fingerprint density at radius 3 is 2.24 bits per heavy atom. The molecule has 2 rings (SSSR count). The number of amides is 1. The van der Waals surface area contributed by atoms with E-state index in [9.17, 15) is 9.59 Å². The predicted octanol–water partition coefficient (Wildman–Crippen LogP) is 1.36. The summed E-state index contributed by atoms with van der Waals surface area (Å²) in [4.78, 5) is 23.6. The normalized spacial score (nSPS) is 20.5. The molecule has 1 atom stereocenters. The third kappa shape index (κ3) is 2.08. The van der Waals surface area contributed by atoms with E-state index in [1.54, 1.807) is 0 Å². The molecule has 4 heteroatoms. The number of rotatable bonds is 2. The highest BCUT2D eigenvalue weighted by atomic mass is 16.2. The van der Waals surface area contributed by atoms with Crippen molar-refractivity contribution in [1.82, 2.24) is 10.4 Å². The minimum atomic E-state index is -0.537. The topological polar surface area (TPSA) is 49.4 Å². The molecule has 1 amide bonds. The first-order valence-corrected chi connectivity index (χ1v) is 5.71. The van der Waals surface area contributed by atoms with Gasteiger partial charge in [0.1, 0.15) is 6.04 Å². The fourth-order valence-electron chi connectivity index (χ4n) is 1.87. The number of hydrogen-bond donors (Lipinski definition) is 1. The second kappa shape index (κ2) is 4.30. The van der Waals surface area contributed by atoms with Gasteiger partial charge in [-0.2, -0.15) is 0 Å². The van der Waals surface area contributed by atoms with Gasteiger partial charge in [-0.25, -0.2) is 5.43 Å². The SMILES string of the molecule is Cc1ccc(C2NN(C(C)C)C(=O)C2=O)cc1. The number of hydrogen-bond acceptors (Lipinski definition) is 3. The molecule has 0 aliphatic carbocycles. The van der Waals surface area contributed by atoms with Crippen LogP contribution in [0.25, 0.3) is 0 Å². The van der Waals surface area contributed by atoms with Crippen molar-refractivity contribution in [3.63, 3.8) is 0 Å². The molecule has 4 nitrogen and oxygen atoms in total. The largest absolute Gasteiger partial charge is 0.306 e. The monoisotopic (exact) mass is 232 g/mol. The van der Waals surface area contributed by atoms with Crippen LogP contribution >= 0.6 is 0 Å². The molecular formula is C13H16N2O2. The van der Waals surface area contributed by atoms with Crippen LogP contribution in [0.3, 0.4) is 0 Å². The first kappa shape index (κ1) is 11.8. The molecule has 0 radical (unpaired) electrons. The maximum absolute atomic E-state index is 11.9. The van der Waals surface area contributed by atoms with E-state index in [0.717, 1.165) is 11.1 Å². The number of benzene rings is 1. The Labute approximate surface area is 101 Å². The smallest absolute Gasteiger partial charge is 0.286 e. The zero-order valence-corrected chi connectivity index (χ0v) is 10.2. The second-order valence-electron chi connectivity index (χ2n) is 4.61. The molecule has 0 spiro atoms. The summed E-state index contributed by atoms with van der Waals surface area (Å²) in [5, 5.41) is 1.40. The molecule has 0 aromatic heterocycles. The fraction of sp³-hybridized carbons (Fsp3) is 0.385. The lowest BCUT2D eigenvalue weighted by atomic mass is 10.0. The Hall–Kier alpha value is -1.68. The molecule has 17 heavy (non-hydrogen) atoms. The van der Waals surface area contributed by atoms with Crippen LogP contribution in [0.2, 0.25) is 0 Å². The van der Waals surface area contributed by atoms with Crippen molar-refractivity contribution in [2.45, 2.75) is 32.9 Å². The number of carbonyl (C=O) groups is 2. The fourth-order valence-corrected chi connectivity index (χ4v) is 1.87. The molecule has 90 valence electrons. The van der Waals surface area contributed by atoms with E-state index in [1.165, 1.54) is 5.01 Å². The lowest BCUT2D eigenvalue weighted by Crippen LogP contribution is -2.40.